The summed E-state index contributed by atoms with van der Waals surface area (Å²) < 4.78 is 0.955. The van der Waals surface area contributed by atoms with Gasteiger partial charge < -0.3 is 0 Å². The second-order valence-electron chi connectivity index (χ2n) is 6.46. The average molecular weight is 447 g/mol. The van der Waals surface area contributed by atoms with Crippen LogP contribution < -0.4 is 4.90 Å². The number of amides is 1. The van der Waals surface area contributed by atoms with Gasteiger partial charge in [-0.1, -0.05) is 64.5 Å². The molecule has 0 aromatic heterocycles. The number of carbonyl (C=O) groups excluding carboxylic acids is 1. The van der Waals surface area contributed by atoms with Gasteiger partial charge in [0.2, 0.25) is 0 Å². The number of nitro groups is 1. The molecule has 1 aliphatic heterocycles. The van der Waals surface area contributed by atoms with Gasteiger partial charge in [0.1, 0.15) is 0 Å². The van der Waals surface area contributed by atoms with E-state index in [1.165, 1.54) is 17.0 Å². The lowest BCUT2D eigenvalue weighted by Gasteiger charge is -2.20. The zero-order valence-corrected chi connectivity index (χ0v) is 16.7. The first kappa shape index (κ1) is 18.8. The molecule has 1 aliphatic rings. The Balaban J connectivity index is 1.82. The van der Waals surface area contributed by atoms with E-state index in [9.17, 15) is 14.9 Å². The second-order valence-corrected chi connectivity index (χ2v) is 7.38. The molecule has 0 N–H and O–H groups in total. The minimum atomic E-state index is -0.464. The lowest BCUT2D eigenvalue weighted by Crippen LogP contribution is -2.25. The Bertz CT molecular complexity index is 1150. The van der Waals surface area contributed by atoms with Gasteiger partial charge >= 0.3 is 0 Å². The molecule has 0 unspecified atom stereocenters. The van der Waals surface area contributed by atoms with E-state index in [-0.39, 0.29) is 11.6 Å². The van der Waals surface area contributed by atoms with E-state index in [1.807, 2.05) is 66.7 Å². The van der Waals surface area contributed by atoms with E-state index in [2.05, 4.69) is 15.9 Å². The molecular weight excluding hydrogens is 432 g/mol. The minimum absolute atomic E-state index is 0.0620. The summed E-state index contributed by atoms with van der Waals surface area (Å²) in [7, 11) is 0. The van der Waals surface area contributed by atoms with E-state index in [0.717, 1.165) is 15.6 Å². The molecule has 5 nitrogen and oxygen atoms in total. The number of carbonyl (C=O) groups is 1. The molecule has 0 bridgehead atoms. The Morgan fingerprint density at radius 2 is 1.66 bits per heavy atom. The van der Waals surface area contributed by atoms with Gasteiger partial charge in [0.15, 0.2) is 0 Å². The van der Waals surface area contributed by atoms with Gasteiger partial charge in [0, 0.05) is 22.2 Å². The highest BCUT2D eigenvalue weighted by Gasteiger charge is 2.31. The quantitative estimate of drug-likeness (QED) is 0.287. The molecule has 0 saturated carbocycles. The van der Waals surface area contributed by atoms with Gasteiger partial charge in [-0.15, -0.1) is 0 Å². The van der Waals surface area contributed by atoms with Crippen molar-refractivity contribution in [2.75, 3.05) is 4.90 Å². The summed E-state index contributed by atoms with van der Waals surface area (Å²) in [5.41, 5.74) is 3.33. The number of rotatable bonds is 4. The predicted molar refractivity (Wildman–Crippen MR) is 117 cm³/mol. The van der Waals surface area contributed by atoms with Crippen LogP contribution in [0.15, 0.2) is 95.0 Å². The smallest absolute Gasteiger partial charge is 0.271 e. The van der Waals surface area contributed by atoms with E-state index < -0.39 is 4.92 Å². The van der Waals surface area contributed by atoms with Crippen LogP contribution in [0.3, 0.4) is 0 Å². The van der Waals surface area contributed by atoms with Crippen LogP contribution in [0.4, 0.5) is 11.4 Å². The molecule has 0 spiro atoms. The normalized spacial score (nSPS) is 14.9. The largest absolute Gasteiger partial charge is 0.276 e. The molecule has 1 heterocycles. The molecule has 0 atom stereocenters. The van der Waals surface area contributed by atoms with Crippen molar-refractivity contribution in [3.8, 4) is 0 Å². The van der Waals surface area contributed by atoms with Crippen molar-refractivity contribution in [1.82, 2.24) is 0 Å². The molecule has 1 amide bonds. The first-order chi connectivity index (χ1) is 14.0. The molecule has 3 aromatic rings. The van der Waals surface area contributed by atoms with Crippen molar-refractivity contribution < 1.29 is 9.72 Å². The SMILES string of the molecule is O=C1/C(=C/c2ccc(Br)cc2)C=C(c2ccccc2)N1c1cccc([N+](=O)[O-])c1. The Hall–Kier alpha value is -3.51. The minimum Gasteiger partial charge on any atom is -0.276 e. The summed E-state index contributed by atoms with van der Waals surface area (Å²) in [4.78, 5) is 25.5. The van der Waals surface area contributed by atoms with Crippen LogP contribution in [0.5, 0.6) is 0 Å². The van der Waals surface area contributed by atoms with E-state index in [0.29, 0.717) is 17.0 Å². The zero-order valence-electron chi connectivity index (χ0n) is 15.2. The fraction of sp³-hybridized carbons (Fsp3) is 0. The van der Waals surface area contributed by atoms with Crippen LogP contribution in [0.25, 0.3) is 11.8 Å². The van der Waals surface area contributed by atoms with Crippen LogP contribution in [0.1, 0.15) is 11.1 Å². The number of hydrogen-bond donors (Lipinski definition) is 0. The number of halogens is 1. The lowest BCUT2D eigenvalue weighted by atomic mass is 10.1. The summed E-state index contributed by atoms with van der Waals surface area (Å²) in [5, 5.41) is 11.2. The number of nitro benzene ring substituents is 1. The standard InChI is InChI=1S/C23H15BrN2O3/c24-19-11-9-16(10-12-19)13-18-14-22(17-5-2-1-3-6-17)25(23(18)27)20-7-4-8-21(15-20)26(28)29/h1-15H/b18-13+. The molecule has 0 aliphatic carbocycles. The number of non-ortho nitro benzene ring substituents is 1. The fourth-order valence-electron chi connectivity index (χ4n) is 3.18. The van der Waals surface area contributed by atoms with Crippen LogP contribution >= 0.6 is 15.9 Å². The number of nitrogens with zero attached hydrogens (tertiary/aromatic N) is 2. The Morgan fingerprint density at radius 1 is 0.931 bits per heavy atom. The highest BCUT2D eigenvalue weighted by molar-refractivity contribution is 9.10. The fourth-order valence-corrected chi connectivity index (χ4v) is 3.44. The number of benzene rings is 3. The third-order valence-corrected chi connectivity index (χ3v) is 5.07. The summed E-state index contributed by atoms with van der Waals surface area (Å²) in [5.74, 6) is -0.229. The predicted octanol–water partition coefficient (Wildman–Crippen LogP) is 5.83. The highest BCUT2D eigenvalue weighted by Crippen LogP contribution is 2.36. The summed E-state index contributed by atoms with van der Waals surface area (Å²) in [6, 6.07) is 23.3. The molecule has 6 heteroatoms. The van der Waals surface area contributed by atoms with E-state index in [1.54, 1.807) is 12.1 Å². The molecule has 0 fully saturated rings. The van der Waals surface area contributed by atoms with Crippen molar-refractivity contribution in [3.05, 3.63) is 116 Å². The van der Waals surface area contributed by atoms with Crippen molar-refractivity contribution in [1.29, 1.82) is 0 Å². The molecule has 142 valence electrons. The average Bonchev–Trinajstić information content (AvgIpc) is 3.06. The van der Waals surface area contributed by atoms with Gasteiger partial charge in [0.25, 0.3) is 11.6 Å². The summed E-state index contributed by atoms with van der Waals surface area (Å²) >= 11 is 3.41. The number of anilines is 1. The van der Waals surface area contributed by atoms with Crippen molar-refractivity contribution >= 4 is 45.0 Å². The van der Waals surface area contributed by atoms with Gasteiger partial charge in [-0.25, -0.2) is 0 Å². The van der Waals surface area contributed by atoms with E-state index >= 15 is 0 Å². The molecule has 3 aromatic carbocycles. The highest BCUT2D eigenvalue weighted by atomic mass is 79.9. The molecule has 0 saturated heterocycles. The maximum atomic E-state index is 13.3. The molecule has 0 radical (unpaired) electrons. The first-order valence-corrected chi connectivity index (χ1v) is 9.65. The Morgan fingerprint density at radius 3 is 2.34 bits per heavy atom. The monoisotopic (exact) mass is 446 g/mol. The van der Waals surface area contributed by atoms with Crippen molar-refractivity contribution in [3.63, 3.8) is 0 Å². The second kappa shape index (κ2) is 7.85. The van der Waals surface area contributed by atoms with Gasteiger partial charge in [-0.05, 0) is 41.5 Å². The van der Waals surface area contributed by atoms with Crippen molar-refractivity contribution in [2.24, 2.45) is 0 Å². The van der Waals surface area contributed by atoms with Crippen LogP contribution in [-0.2, 0) is 4.79 Å². The van der Waals surface area contributed by atoms with Crippen LogP contribution in [-0.4, -0.2) is 10.8 Å². The van der Waals surface area contributed by atoms with Gasteiger partial charge in [0.05, 0.1) is 16.3 Å². The lowest BCUT2D eigenvalue weighted by molar-refractivity contribution is -0.384. The van der Waals surface area contributed by atoms with Crippen LogP contribution in [0, 0.1) is 10.1 Å². The Labute approximate surface area is 175 Å². The summed E-state index contributed by atoms with van der Waals surface area (Å²) in [6.07, 6.45) is 3.63. The molecular formula is C23H15BrN2O3. The summed E-state index contributed by atoms with van der Waals surface area (Å²) in [6.45, 7) is 0. The molecule has 4 rings (SSSR count). The van der Waals surface area contributed by atoms with Crippen molar-refractivity contribution in [2.45, 2.75) is 0 Å². The topological polar surface area (TPSA) is 63.5 Å². The van der Waals surface area contributed by atoms with Gasteiger partial charge in [-0.2, -0.15) is 0 Å². The third-order valence-electron chi connectivity index (χ3n) is 4.54. The van der Waals surface area contributed by atoms with E-state index in [4.69, 9.17) is 0 Å². The maximum Gasteiger partial charge on any atom is 0.271 e. The maximum absolute atomic E-state index is 13.3. The first-order valence-electron chi connectivity index (χ1n) is 8.86. The zero-order chi connectivity index (χ0) is 20.4. The Kier molecular flexibility index (Phi) is 5.10. The third kappa shape index (κ3) is 3.88. The van der Waals surface area contributed by atoms with Crippen LogP contribution in [0.2, 0.25) is 0 Å². The number of hydrogen-bond acceptors (Lipinski definition) is 3. The molecule has 29 heavy (non-hydrogen) atoms. The van der Waals surface area contributed by atoms with Gasteiger partial charge in [-0.3, -0.25) is 19.8 Å².